The van der Waals surface area contributed by atoms with Crippen LogP contribution in [0.4, 0.5) is 4.39 Å². The molecule has 0 saturated carbocycles. The SMILES string of the molecule is COC(=O)c1c(C)nn(C)c1-c1cc(F)ccc1Cl. The van der Waals surface area contributed by atoms with E-state index in [1.807, 2.05) is 0 Å². The first-order chi connectivity index (χ1) is 8.95. The fraction of sp³-hybridized carbons (Fsp3) is 0.231. The molecule has 1 heterocycles. The molecule has 0 spiro atoms. The molecule has 0 aliphatic carbocycles. The molecule has 1 aromatic heterocycles. The van der Waals surface area contributed by atoms with Crippen LogP contribution < -0.4 is 0 Å². The van der Waals surface area contributed by atoms with Gasteiger partial charge in [-0.15, -0.1) is 0 Å². The van der Waals surface area contributed by atoms with Gasteiger partial charge in [-0.3, -0.25) is 4.68 Å². The van der Waals surface area contributed by atoms with Crippen LogP contribution in [0.1, 0.15) is 16.1 Å². The van der Waals surface area contributed by atoms with Gasteiger partial charge in [0.25, 0.3) is 0 Å². The van der Waals surface area contributed by atoms with Crippen LogP contribution in [0.5, 0.6) is 0 Å². The Morgan fingerprint density at radius 2 is 2.16 bits per heavy atom. The normalized spacial score (nSPS) is 10.6. The van der Waals surface area contributed by atoms with Crippen LogP contribution in [0, 0.1) is 12.7 Å². The third-order valence-electron chi connectivity index (χ3n) is 2.80. The summed E-state index contributed by atoms with van der Waals surface area (Å²) < 4.78 is 19.6. The molecule has 100 valence electrons. The fourth-order valence-corrected chi connectivity index (χ4v) is 2.20. The summed E-state index contributed by atoms with van der Waals surface area (Å²) in [5.41, 5.74) is 1.64. The summed E-state index contributed by atoms with van der Waals surface area (Å²) in [7, 11) is 2.95. The number of carbonyl (C=O) groups excluding carboxylic acids is 1. The van der Waals surface area contributed by atoms with E-state index in [9.17, 15) is 9.18 Å². The molecule has 0 unspecified atom stereocenters. The number of ether oxygens (including phenoxy) is 1. The molecule has 0 radical (unpaired) electrons. The van der Waals surface area contributed by atoms with Gasteiger partial charge in [-0.25, -0.2) is 9.18 Å². The summed E-state index contributed by atoms with van der Waals surface area (Å²) in [5, 5.41) is 4.50. The van der Waals surface area contributed by atoms with Gasteiger partial charge in [0, 0.05) is 12.6 Å². The molecule has 0 N–H and O–H groups in total. The second-order valence-corrected chi connectivity index (χ2v) is 4.46. The number of methoxy groups -OCH3 is 1. The number of rotatable bonds is 2. The Morgan fingerprint density at radius 3 is 2.79 bits per heavy atom. The van der Waals surface area contributed by atoms with E-state index < -0.39 is 11.8 Å². The molecule has 1 aromatic carbocycles. The molecule has 6 heteroatoms. The van der Waals surface area contributed by atoms with Crippen molar-refractivity contribution in [1.29, 1.82) is 0 Å². The van der Waals surface area contributed by atoms with Gasteiger partial charge in [-0.05, 0) is 25.1 Å². The van der Waals surface area contributed by atoms with E-state index in [1.54, 1.807) is 14.0 Å². The van der Waals surface area contributed by atoms with Crippen molar-refractivity contribution in [2.75, 3.05) is 7.11 Å². The van der Waals surface area contributed by atoms with Crippen molar-refractivity contribution in [1.82, 2.24) is 9.78 Å². The molecule has 0 bridgehead atoms. The van der Waals surface area contributed by atoms with Crippen LogP contribution in [0.25, 0.3) is 11.3 Å². The lowest BCUT2D eigenvalue weighted by molar-refractivity contribution is 0.0601. The summed E-state index contributed by atoms with van der Waals surface area (Å²) in [6.07, 6.45) is 0. The van der Waals surface area contributed by atoms with Crippen LogP contribution in [0.15, 0.2) is 18.2 Å². The van der Waals surface area contributed by atoms with Crippen molar-refractivity contribution in [3.8, 4) is 11.3 Å². The van der Waals surface area contributed by atoms with Gasteiger partial charge < -0.3 is 4.74 Å². The minimum absolute atomic E-state index is 0.289. The number of hydrogen-bond donors (Lipinski definition) is 0. The van der Waals surface area contributed by atoms with Crippen molar-refractivity contribution in [2.24, 2.45) is 7.05 Å². The molecule has 0 saturated heterocycles. The van der Waals surface area contributed by atoms with Crippen molar-refractivity contribution in [2.45, 2.75) is 6.92 Å². The number of benzene rings is 1. The van der Waals surface area contributed by atoms with Crippen molar-refractivity contribution in [3.63, 3.8) is 0 Å². The van der Waals surface area contributed by atoms with Crippen LogP contribution in [0.2, 0.25) is 5.02 Å². The maximum atomic E-state index is 13.4. The lowest BCUT2D eigenvalue weighted by Crippen LogP contribution is -2.05. The van der Waals surface area contributed by atoms with Gasteiger partial charge in [0.05, 0.1) is 23.5 Å². The largest absolute Gasteiger partial charge is 0.465 e. The molecule has 0 amide bonds. The maximum Gasteiger partial charge on any atom is 0.342 e. The number of nitrogens with zero attached hydrogens (tertiary/aromatic N) is 2. The van der Waals surface area contributed by atoms with Crippen LogP contribution in [-0.2, 0) is 11.8 Å². The van der Waals surface area contributed by atoms with Crippen molar-refractivity contribution >= 4 is 17.6 Å². The Balaban J connectivity index is 2.74. The van der Waals surface area contributed by atoms with E-state index in [0.717, 1.165) is 0 Å². The highest BCUT2D eigenvalue weighted by Crippen LogP contribution is 2.32. The minimum atomic E-state index is -0.527. The summed E-state index contributed by atoms with van der Waals surface area (Å²) >= 11 is 6.07. The third kappa shape index (κ3) is 2.33. The highest BCUT2D eigenvalue weighted by atomic mass is 35.5. The predicted molar refractivity (Wildman–Crippen MR) is 69.7 cm³/mol. The quantitative estimate of drug-likeness (QED) is 0.796. The van der Waals surface area contributed by atoms with Gasteiger partial charge in [0.2, 0.25) is 0 Å². The van der Waals surface area contributed by atoms with Gasteiger partial charge in [0.15, 0.2) is 0 Å². The summed E-state index contributed by atoms with van der Waals surface area (Å²) in [6.45, 7) is 1.68. The summed E-state index contributed by atoms with van der Waals surface area (Å²) in [6, 6.07) is 3.97. The Bertz CT molecular complexity index is 652. The number of aromatic nitrogens is 2. The molecule has 0 aliphatic rings. The summed E-state index contributed by atoms with van der Waals surface area (Å²) in [5.74, 6) is -0.963. The van der Waals surface area contributed by atoms with E-state index in [0.29, 0.717) is 22.0 Å². The first-order valence-electron chi connectivity index (χ1n) is 5.53. The fourth-order valence-electron chi connectivity index (χ4n) is 1.99. The van der Waals surface area contributed by atoms with Crippen LogP contribution in [-0.4, -0.2) is 22.9 Å². The predicted octanol–water partition coefficient (Wildman–Crippen LogP) is 2.97. The average Bonchev–Trinajstić information content (AvgIpc) is 2.66. The molecule has 0 aliphatic heterocycles. The Morgan fingerprint density at radius 1 is 1.47 bits per heavy atom. The van der Waals surface area contributed by atoms with Gasteiger partial charge in [0.1, 0.15) is 11.4 Å². The van der Waals surface area contributed by atoms with Gasteiger partial charge >= 0.3 is 5.97 Å². The number of aryl methyl sites for hydroxylation is 2. The highest BCUT2D eigenvalue weighted by molar-refractivity contribution is 6.33. The zero-order chi connectivity index (χ0) is 14.2. The molecule has 19 heavy (non-hydrogen) atoms. The Hall–Kier alpha value is -1.88. The molecule has 4 nitrogen and oxygen atoms in total. The van der Waals surface area contributed by atoms with E-state index >= 15 is 0 Å². The van der Waals surface area contributed by atoms with E-state index in [-0.39, 0.29) is 5.56 Å². The highest BCUT2D eigenvalue weighted by Gasteiger charge is 2.23. The Labute approximate surface area is 114 Å². The molecular formula is C13H12ClFN2O2. The van der Waals surface area contributed by atoms with Gasteiger partial charge in [-0.2, -0.15) is 5.10 Å². The smallest absolute Gasteiger partial charge is 0.342 e. The zero-order valence-electron chi connectivity index (χ0n) is 10.7. The lowest BCUT2D eigenvalue weighted by Gasteiger charge is -2.08. The van der Waals surface area contributed by atoms with E-state index in [1.165, 1.54) is 30.0 Å². The minimum Gasteiger partial charge on any atom is -0.465 e. The molecular weight excluding hydrogens is 271 g/mol. The first kappa shape index (κ1) is 13.5. The van der Waals surface area contributed by atoms with E-state index in [4.69, 9.17) is 16.3 Å². The number of halogens is 2. The standard InChI is InChI=1S/C13H12ClFN2O2/c1-7-11(13(18)19-3)12(17(2)16-7)9-6-8(15)4-5-10(9)14/h4-6H,1-3H3. The molecule has 2 rings (SSSR count). The second kappa shape index (κ2) is 5.01. The molecule has 2 aromatic rings. The van der Waals surface area contributed by atoms with Crippen molar-refractivity contribution in [3.05, 3.63) is 40.3 Å². The number of carbonyl (C=O) groups is 1. The van der Waals surface area contributed by atoms with Crippen LogP contribution >= 0.6 is 11.6 Å². The average molecular weight is 283 g/mol. The molecule has 0 fully saturated rings. The number of esters is 1. The topological polar surface area (TPSA) is 44.1 Å². The van der Waals surface area contributed by atoms with Crippen LogP contribution in [0.3, 0.4) is 0 Å². The third-order valence-corrected chi connectivity index (χ3v) is 3.12. The summed E-state index contributed by atoms with van der Waals surface area (Å²) in [4.78, 5) is 11.8. The molecule has 0 atom stereocenters. The van der Waals surface area contributed by atoms with Crippen molar-refractivity contribution < 1.29 is 13.9 Å². The second-order valence-electron chi connectivity index (χ2n) is 4.05. The Kier molecular flexibility index (Phi) is 3.57. The van der Waals surface area contributed by atoms with E-state index in [2.05, 4.69) is 5.10 Å². The first-order valence-corrected chi connectivity index (χ1v) is 5.90. The monoisotopic (exact) mass is 282 g/mol. The lowest BCUT2D eigenvalue weighted by atomic mass is 10.1. The maximum absolute atomic E-state index is 13.4. The zero-order valence-corrected chi connectivity index (χ0v) is 11.5. The van der Waals surface area contributed by atoms with Gasteiger partial charge in [-0.1, -0.05) is 11.6 Å². The number of hydrogen-bond acceptors (Lipinski definition) is 3.